The van der Waals surface area contributed by atoms with E-state index in [4.69, 9.17) is 11.6 Å². The van der Waals surface area contributed by atoms with Gasteiger partial charge in [0.25, 0.3) is 0 Å². The SMILES string of the molecule is CC[C@H](C(=O)Nc1nnc(-c2ccc(Cl)cc2)s1)N(c1ccccc1)S(C)(=O)=O. The van der Waals surface area contributed by atoms with Crippen molar-refractivity contribution in [2.24, 2.45) is 0 Å². The fourth-order valence-corrected chi connectivity index (χ4v) is 4.90. The molecule has 10 heteroatoms. The molecule has 1 aromatic heterocycles. The van der Waals surface area contributed by atoms with Crippen LogP contribution in [-0.2, 0) is 14.8 Å². The number of para-hydroxylation sites is 1. The van der Waals surface area contributed by atoms with Crippen LogP contribution in [0.5, 0.6) is 0 Å². The molecular weight excluding hydrogens is 432 g/mol. The first-order chi connectivity index (χ1) is 13.8. The predicted molar refractivity (Wildman–Crippen MR) is 117 cm³/mol. The summed E-state index contributed by atoms with van der Waals surface area (Å²) in [5.41, 5.74) is 1.25. The van der Waals surface area contributed by atoms with Crippen LogP contribution < -0.4 is 9.62 Å². The third kappa shape index (κ3) is 5.11. The van der Waals surface area contributed by atoms with Gasteiger partial charge in [0.2, 0.25) is 21.1 Å². The lowest BCUT2D eigenvalue weighted by Gasteiger charge is -2.29. The Hall–Kier alpha value is -2.49. The zero-order valence-corrected chi connectivity index (χ0v) is 18.1. The van der Waals surface area contributed by atoms with Gasteiger partial charge in [0.15, 0.2) is 0 Å². The number of anilines is 2. The standard InChI is InChI=1S/C19H19ClN4O3S2/c1-3-16(24(29(2,26)27)15-7-5-4-6-8-15)17(25)21-19-23-22-18(28-19)13-9-11-14(20)12-10-13/h4-12,16H,3H2,1-2H3,(H,21,23,25)/t16-/m1/s1. The van der Waals surface area contributed by atoms with Crippen LogP contribution >= 0.6 is 22.9 Å². The number of nitrogens with one attached hydrogen (secondary N) is 1. The number of carbonyl (C=O) groups excluding carboxylic acids is 1. The van der Waals surface area contributed by atoms with E-state index in [9.17, 15) is 13.2 Å². The van der Waals surface area contributed by atoms with Gasteiger partial charge in [-0.2, -0.15) is 0 Å². The Balaban J connectivity index is 1.83. The van der Waals surface area contributed by atoms with Crippen LogP contribution in [0.3, 0.4) is 0 Å². The average Bonchev–Trinajstić information content (AvgIpc) is 3.14. The molecule has 0 aliphatic heterocycles. The second-order valence-electron chi connectivity index (χ2n) is 6.23. The van der Waals surface area contributed by atoms with Crippen molar-refractivity contribution in [3.63, 3.8) is 0 Å². The van der Waals surface area contributed by atoms with Crippen LogP contribution in [0.1, 0.15) is 13.3 Å². The van der Waals surface area contributed by atoms with E-state index < -0.39 is 22.0 Å². The second kappa shape index (κ2) is 8.89. The molecule has 7 nitrogen and oxygen atoms in total. The maximum Gasteiger partial charge on any atom is 0.250 e. The fourth-order valence-electron chi connectivity index (χ4n) is 2.81. The third-order valence-corrected chi connectivity index (χ3v) is 6.41. The van der Waals surface area contributed by atoms with Crippen molar-refractivity contribution in [3.05, 3.63) is 59.6 Å². The summed E-state index contributed by atoms with van der Waals surface area (Å²) in [5.74, 6) is -0.472. The van der Waals surface area contributed by atoms with Crippen molar-refractivity contribution in [1.82, 2.24) is 10.2 Å². The van der Waals surface area contributed by atoms with Gasteiger partial charge >= 0.3 is 0 Å². The van der Waals surface area contributed by atoms with Gasteiger partial charge in [0, 0.05) is 10.6 Å². The monoisotopic (exact) mass is 450 g/mol. The summed E-state index contributed by atoms with van der Waals surface area (Å²) in [6.45, 7) is 1.75. The van der Waals surface area contributed by atoms with E-state index in [0.717, 1.165) is 16.1 Å². The first kappa shape index (κ1) is 21.2. The molecule has 0 unspecified atom stereocenters. The van der Waals surface area contributed by atoms with Gasteiger partial charge in [0.1, 0.15) is 11.0 Å². The molecule has 1 amide bonds. The van der Waals surface area contributed by atoms with E-state index >= 15 is 0 Å². The molecule has 0 aliphatic carbocycles. The maximum absolute atomic E-state index is 12.9. The van der Waals surface area contributed by atoms with Crippen LogP contribution in [0, 0.1) is 0 Å². The normalized spacial score (nSPS) is 12.4. The molecular formula is C19H19ClN4O3S2. The van der Waals surface area contributed by atoms with E-state index in [0.29, 0.717) is 20.8 Å². The molecule has 0 fully saturated rings. The lowest BCUT2D eigenvalue weighted by molar-refractivity contribution is -0.117. The summed E-state index contributed by atoms with van der Waals surface area (Å²) in [6, 6.07) is 14.7. The number of nitrogens with zero attached hydrogens (tertiary/aromatic N) is 3. The third-order valence-electron chi connectivity index (χ3n) is 4.09. The molecule has 3 rings (SSSR count). The summed E-state index contributed by atoms with van der Waals surface area (Å²) in [4.78, 5) is 12.9. The molecule has 1 heterocycles. The van der Waals surface area contributed by atoms with Crippen LogP contribution in [-0.4, -0.2) is 36.8 Å². The van der Waals surface area contributed by atoms with Crippen LogP contribution in [0.25, 0.3) is 10.6 Å². The Bertz CT molecular complexity index is 1090. The number of benzene rings is 2. The van der Waals surface area contributed by atoms with Gasteiger partial charge in [-0.1, -0.05) is 60.2 Å². The minimum absolute atomic E-state index is 0.288. The summed E-state index contributed by atoms with van der Waals surface area (Å²) in [6.07, 6.45) is 1.37. The number of hydrogen-bond donors (Lipinski definition) is 1. The molecule has 0 aliphatic rings. The average molecular weight is 451 g/mol. The number of sulfonamides is 1. The lowest BCUT2D eigenvalue weighted by atomic mass is 10.2. The molecule has 1 N–H and O–H groups in total. The molecule has 0 spiro atoms. The van der Waals surface area contributed by atoms with Gasteiger partial charge < -0.3 is 0 Å². The largest absolute Gasteiger partial charge is 0.299 e. The minimum Gasteiger partial charge on any atom is -0.299 e. The maximum atomic E-state index is 12.9. The molecule has 3 aromatic rings. The first-order valence-corrected chi connectivity index (χ1v) is 11.8. The van der Waals surface area contributed by atoms with Crippen LogP contribution in [0.4, 0.5) is 10.8 Å². The van der Waals surface area contributed by atoms with Crippen molar-refractivity contribution in [3.8, 4) is 10.6 Å². The molecule has 0 saturated carbocycles. The highest BCUT2D eigenvalue weighted by Gasteiger charge is 2.32. The molecule has 152 valence electrons. The van der Waals surface area contributed by atoms with Crippen molar-refractivity contribution in [2.75, 3.05) is 15.9 Å². The van der Waals surface area contributed by atoms with Crippen molar-refractivity contribution in [1.29, 1.82) is 0 Å². The molecule has 1 atom stereocenters. The Kier molecular flexibility index (Phi) is 6.51. The number of aromatic nitrogens is 2. The van der Waals surface area contributed by atoms with E-state index in [2.05, 4.69) is 15.5 Å². The van der Waals surface area contributed by atoms with E-state index in [1.807, 2.05) is 12.1 Å². The number of halogens is 1. The van der Waals surface area contributed by atoms with Gasteiger partial charge in [-0.15, -0.1) is 10.2 Å². The van der Waals surface area contributed by atoms with Gasteiger partial charge in [-0.25, -0.2) is 8.42 Å². The molecule has 0 radical (unpaired) electrons. The number of amides is 1. The summed E-state index contributed by atoms with van der Waals surface area (Å²) >= 11 is 7.10. The van der Waals surface area contributed by atoms with Gasteiger partial charge in [0.05, 0.1) is 11.9 Å². The Morgan fingerprint density at radius 3 is 2.38 bits per heavy atom. The Morgan fingerprint density at radius 1 is 1.14 bits per heavy atom. The van der Waals surface area contributed by atoms with Crippen molar-refractivity contribution < 1.29 is 13.2 Å². The molecule has 0 saturated heterocycles. The van der Waals surface area contributed by atoms with Gasteiger partial charge in [-0.3, -0.25) is 14.4 Å². The first-order valence-electron chi connectivity index (χ1n) is 8.74. The molecule has 29 heavy (non-hydrogen) atoms. The van der Waals surface area contributed by atoms with Crippen molar-refractivity contribution >= 4 is 49.7 Å². The summed E-state index contributed by atoms with van der Waals surface area (Å²) in [7, 11) is -3.68. The fraction of sp³-hybridized carbons (Fsp3) is 0.211. The lowest BCUT2D eigenvalue weighted by Crippen LogP contribution is -2.46. The zero-order valence-electron chi connectivity index (χ0n) is 15.7. The summed E-state index contributed by atoms with van der Waals surface area (Å²) in [5, 5.41) is 12.3. The van der Waals surface area contributed by atoms with E-state index in [-0.39, 0.29) is 6.42 Å². The van der Waals surface area contributed by atoms with E-state index in [1.165, 1.54) is 11.3 Å². The highest BCUT2D eigenvalue weighted by atomic mass is 35.5. The van der Waals surface area contributed by atoms with Crippen LogP contribution in [0.15, 0.2) is 54.6 Å². The smallest absolute Gasteiger partial charge is 0.250 e. The highest BCUT2D eigenvalue weighted by molar-refractivity contribution is 7.92. The summed E-state index contributed by atoms with van der Waals surface area (Å²) < 4.78 is 26.0. The number of hydrogen-bond acceptors (Lipinski definition) is 6. The predicted octanol–water partition coefficient (Wildman–Crippen LogP) is 4.04. The number of carbonyl (C=O) groups is 1. The minimum atomic E-state index is -3.68. The van der Waals surface area contributed by atoms with Crippen molar-refractivity contribution in [2.45, 2.75) is 19.4 Å². The quantitative estimate of drug-likeness (QED) is 0.586. The topological polar surface area (TPSA) is 92.3 Å². The van der Waals surface area contributed by atoms with Crippen LogP contribution in [0.2, 0.25) is 5.02 Å². The molecule has 0 bridgehead atoms. The number of rotatable bonds is 7. The van der Waals surface area contributed by atoms with E-state index in [1.54, 1.807) is 49.4 Å². The molecule has 2 aromatic carbocycles. The Labute approximate surface area is 178 Å². The Morgan fingerprint density at radius 2 is 1.79 bits per heavy atom. The second-order valence-corrected chi connectivity index (χ2v) is 9.50. The highest BCUT2D eigenvalue weighted by Crippen LogP contribution is 2.28. The van der Waals surface area contributed by atoms with Gasteiger partial charge in [-0.05, 0) is 30.7 Å². The zero-order chi connectivity index (χ0) is 21.0.